The molecule has 0 fully saturated rings. The van der Waals surface area contributed by atoms with Crippen molar-refractivity contribution in [3.05, 3.63) is 0 Å². The molecule has 0 aromatic rings. The fourth-order valence-corrected chi connectivity index (χ4v) is 0. The molecule has 0 nitrogen and oxygen atoms in total. The maximum Gasteiger partial charge on any atom is 0 e. The van der Waals surface area contributed by atoms with Gasteiger partial charge in [0.15, 0.2) is 0 Å². The van der Waals surface area contributed by atoms with Crippen LogP contribution in [0.15, 0.2) is 0 Å². The number of rotatable bonds is 0. The van der Waals surface area contributed by atoms with Gasteiger partial charge in [0.25, 0.3) is 0 Å². The van der Waals surface area contributed by atoms with Crippen molar-refractivity contribution in [1.82, 2.24) is 0 Å². The van der Waals surface area contributed by atoms with Gasteiger partial charge in [-0.15, -0.1) is 0 Å². The summed E-state index contributed by atoms with van der Waals surface area (Å²) >= 11 is 0. The fraction of sp³-hybridized carbons (Fsp3) is 0. The second kappa shape index (κ2) is 27.2. The van der Waals surface area contributed by atoms with Crippen molar-refractivity contribution in [3.63, 3.8) is 0 Å². The molecule has 0 bridgehead atoms. The Kier molecular flexibility index (Phi) is 228. The van der Waals surface area contributed by atoms with Gasteiger partial charge >= 0.3 is 0 Å². The first-order chi connectivity index (χ1) is 0. The first kappa shape index (κ1) is 41.9. The van der Waals surface area contributed by atoms with Crippen molar-refractivity contribution in [2.45, 2.75) is 0 Å². The van der Waals surface area contributed by atoms with Gasteiger partial charge in [-0.3, -0.25) is 0 Å². The van der Waals surface area contributed by atoms with Crippen LogP contribution in [0.5, 0.6) is 0 Å². The van der Waals surface area contributed by atoms with Gasteiger partial charge in [0.2, 0.25) is 0 Å². The third-order valence-electron chi connectivity index (χ3n) is 0. The molecule has 0 saturated carbocycles. The van der Waals surface area contributed by atoms with Gasteiger partial charge in [-0.2, -0.15) is 0 Å². The third-order valence-corrected chi connectivity index (χ3v) is 0. The van der Waals surface area contributed by atoms with Crippen LogP contribution in [-0.2, 0) is 98.7 Å². The van der Waals surface area contributed by atoms with Crippen molar-refractivity contribution in [1.29, 1.82) is 0 Å². The van der Waals surface area contributed by atoms with Crippen molar-refractivity contribution >= 4 is 0 Å². The topological polar surface area (TPSA) is 0 Å². The summed E-state index contributed by atoms with van der Waals surface area (Å²) in [4.78, 5) is 0. The third kappa shape index (κ3) is 19.1. The van der Waals surface area contributed by atoms with Crippen molar-refractivity contribution in [2.75, 3.05) is 0 Å². The summed E-state index contributed by atoms with van der Waals surface area (Å²) in [6.45, 7) is 0. The monoisotopic (exact) mass is 353 g/mol. The van der Waals surface area contributed by atoms with Gasteiger partial charge in [-0.1, -0.05) is 0 Å². The summed E-state index contributed by atoms with van der Waals surface area (Å²) < 4.78 is 0. The van der Waals surface area contributed by atoms with E-state index in [2.05, 4.69) is 0 Å². The Labute approximate surface area is 97.0 Å². The van der Waals surface area contributed by atoms with Crippen LogP contribution in [-0.4, -0.2) is 0 Å². The minimum absolute atomic E-state index is 0. The molecule has 0 aliphatic carbocycles. The maximum atomic E-state index is 0. The molecular formula is FeMoNbNiTi. The molecule has 0 atom stereocenters. The summed E-state index contributed by atoms with van der Waals surface area (Å²) in [5.41, 5.74) is 0. The van der Waals surface area contributed by atoms with Crippen LogP contribution < -0.4 is 0 Å². The fourth-order valence-electron chi connectivity index (χ4n) is 0. The Morgan fingerprint density at radius 2 is 1.00 bits per heavy atom. The van der Waals surface area contributed by atoms with E-state index in [4.69, 9.17) is 0 Å². The van der Waals surface area contributed by atoms with Crippen LogP contribution in [0.2, 0.25) is 0 Å². The summed E-state index contributed by atoms with van der Waals surface area (Å²) in [6.07, 6.45) is 0. The molecule has 0 spiro atoms. The summed E-state index contributed by atoms with van der Waals surface area (Å²) in [5.74, 6) is 0. The molecule has 0 heterocycles. The second-order valence-electron chi connectivity index (χ2n) is 0. The molecule has 33 valence electrons. The van der Waals surface area contributed by atoms with Gasteiger partial charge in [-0.05, 0) is 0 Å². The van der Waals surface area contributed by atoms with E-state index < -0.39 is 0 Å². The van der Waals surface area contributed by atoms with Crippen LogP contribution >= 0.6 is 0 Å². The predicted octanol–water partition coefficient (Wildman–Crippen LogP) is -0.0125. The van der Waals surface area contributed by atoms with Gasteiger partial charge in [0.05, 0.1) is 0 Å². The number of hydrogen-bond acceptors (Lipinski definition) is 0. The first-order valence-corrected chi connectivity index (χ1v) is 0. The van der Waals surface area contributed by atoms with Gasteiger partial charge in [0, 0.05) is 98.7 Å². The quantitative estimate of drug-likeness (QED) is 0.539. The normalized spacial score (nSPS) is 0. The molecule has 0 rings (SSSR count). The van der Waals surface area contributed by atoms with Gasteiger partial charge in [-0.25, -0.2) is 0 Å². The van der Waals surface area contributed by atoms with Crippen LogP contribution in [0.4, 0.5) is 0 Å². The van der Waals surface area contributed by atoms with E-state index in [1.54, 1.807) is 0 Å². The van der Waals surface area contributed by atoms with E-state index in [1.165, 1.54) is 0 Å². The minimum Gasteiger partial charge on any atom is 0 e. The molecule has 5 heavy (non-hydrogen) atoms. The second-order valence-corrected chi connectivity index (χ2v) is 0. The average molecular weight is 351 g/mol. The zero-order valence-electron chi connectivity index (χ0n) is 2.03. The zero-order valence-corrected chi connectivity index (χ0v) is 9.88. The van der Waals surface area contributed by atoms with E-state index in [0.29, 0.717) is 0 Å². The maximum absolute atomic E-state index is 0. The molecule has 1 radical (unpaired) electrons. The Balaban J connectivity index is 0. The Morgan fingerprint density at radius 1 is 1.00 bits per heavy atom. The molecule has 0 aliphatic heterocycles. The largest absolute Gasteiger partial charge is 0 e. The minimum atomic E-state index is 0. The molecule has 5 heteroatoms. The van der Waals surface area contributed by atoms with E-state index in [9.17, 15) is 0 Å². The van der Waals surface area contributed by atoms with Crippen molar-refractivity contribution in [3.8, 4) is 0 Å². The van der Waals surface area contributed by atoms with Crippen LogP contribution in [0.25, 0.3) is 0 Å². The van der Waals surface area contributed by atoms with E-state index in [1.807, 2.05) is 0 Å². The zero-order chi connectivity index (χ0) is 0. The summed E-state index contributed by atoms with van der Waals surface area (Å²) in [5, 5.41) is 0. The van der Waals surface area contributed by atoms with Crippen LogP contribution in [0.3, 0.4) is 0 Å². The molecule has 0 N–H and O–H groups in total. The standard InChI is InChI=1S/Fe.Mo.Nb.Ni.Ti. The SMILES string of the molecule is [Fe].[Mo].[Nb].[Ni].[Ti]. The van der Waals surface area contributed by atoms with Crippen molar-refractivity contribution in [2.24, 2.45) is 0 Å². The summed E-state index contributed by atoms with van der Waals surface area (Å²) in [7, 11) is 0. The Hall–Kier alpha value is 3.16. The molecule has 0 unspecified atom stereocenters. The molecule has 0 aliphatic rings. The van der Waals surface area contributed by atoms with E-state index >= 15 is 0 Å². The van der Waals surface area contributed by atoms with Crippen molar-refractivity contribution < 1.29 is 98.7 Å². The molecular weight excluding hydrogens is 351 g/mol. The van der Waals surface area contributed by atoms with Gasteiger partial charge in [0.1, 0.15) is 0 Å². The first-order valence-electron chi connectivity index (χ1n) is 0. The molecule has 0 saturated heterocycles. The Bertz CT molecular complexity index is 11.6. The molecule has 0 amide bonds. The smallest absolute Gasteiger partial charge is 0 e. The van der Waals surface area contributed by atoms with E-state index in [0.717, 1.165) is 0 Å². The predicted molar refractivity (Wildman–Crippen MR) is 0 cm³/mol. The van der Waals surface area contributed by atoms with Crippen LogP contribution in [0.1, 0.15) is 0 Å². The summed E-state index contributed by atoms with van der Waals surface area (Å²) in [6, 6.07) is 0. The van der Waals surface area contributed by atoms with Gasteiger partial charge < -0.3 is 0 Å². The average Bonchev–Trinajstić information content (AvgIpc) is 0. The molecule has 0 aromatic heterocycles. The Morgan fingerprint density at radius 3 is 1.00 bits per heavy atom. The molecule has 0 aromatic carbocycles. The van der Waals surface area contributed by atoms with Crippen LogP contribution in [0, 0.1) is 0 Å². The van der Waals surface area contributed by atoms with E-state index in [-0.39, 0.29) is 98.7 Å². The number of hydrogen-bond donors (Lipinski definition) is 0.